The van der Waals surface area contributed by atoms with Gasteiger partial charge in [-0.3, -0.25) is 0 Å². The third kappa shape index (κ3) is 2.39. The summed E-state index contributed by atoms with van der Waals surface area (Å²) in [5.74, 6) is -0.642. The number of carboxylic acids is 1. The van der Waals surface area contributed by atoms with E-state index in [-0.39, 0.29) is 11.1 Å². The fourth-order valence-electron chi connectivity index (χ4n) is 3.61. The van der Waals surface area contributed by atoms with Gasteiger partial charge in [-0.2, -0.15) is 0 Å². The molecule has 0 saturated carbocycles. The number of benzene rings is 1. The van der Waals surface area contributed by atoms with Crippen molar-refractivity contribution in [3.05, 3.63) is 28.3 Å². The molecule has 1 aliphatic heterocycles. The van der Waals surface area contributed by atoms with E-state index in [0.29, 0.717) is 17.0 Å². The van der Waals surface area contributed by atoms with Crippen LogP contribution in [0.25, 0.3) is 0 Å². The van der Waals surface area contributed by atoms with Crippen LogP contribution in [0.3, 0.4) is 0 Å². The molecule has 1 N–H and O–H groups in total. The standard InChI is InChI=1S/C16H22ClNO2/c1-9(2)18-14-7-13(17)12(15(19)20)6-11(14)10(3)8-16(18,4)5/h6-7,9-10H,8H2,1-5H3,(H,19,20)/t10-/m0/s1. The maximum Gasteiger partial charge on any atom is 0.337 e. The van der Waals surface area contributed by atoms with E-state index in [2.05, 4.69) is 39.5 Å². The summed E-state index contributed by atoms with van der Waals surface area (Å²) in [6, 6.07) is 3.90. The fraction of sp³-hybridized carbons (Fsp3) is 0.562. The second-order valence-electron chi connectivity index (χ2n) is 6.58. The Morgan fingerprint density at radius 3 is 2.55 bits per heavy atom. The third-order valence-electron chi connectivity index (χ3n) is 4.11. The Morgan fingerprint density at radius 1 is 1.45 bits per heavy atom. The first kappa shape index (κ1) is 15.2. The molecule has 0 saturated heterocycles. The molecule has 0 amide bonds. The number of nitrogens with zero attached hydrogens (tertiary/aromatic N) is 1. The lowest BCUT2D eigenvalue weighted by molar-refractivity contribution is 0.0697. The molecule has 0 spiro atoms. The smallest absolute Gasteiger partial charge is 0.337 e. The van der Waals surface area contributed by atoms with Gasteiger partial charge in [0.1, 0.15) is 0 Å². The minimum Gasteiger partial charge on any atom is -0.478 e. The second-order valence-corrected chi connectivity index (χ2v) is 6.98. The van der Waals surface area contributed by atoms with Crippen LogP contribution in [0.2, 0.25) is 5.02 Å². The number of fused-ring (bicyclic) bond motifs is 1. The van der Waals surface area contributed by atoms with Crippen LogP contribution in [0.15, 0.2) is 12.1 Å². The van der Waals surface area contributed by atoms with Gasteiger partial charge in [-0.25, -0.2) is 4.79 Å². The normalized spacial score (nSPS) is 20.9. The first-order valence-corrected chi connectivity index (χ1v) is 7.39. The van der Waals surface area contributed by atoms with Crippen molar-refractivity contribution < 1.29 is 9.90 Å². The topological polar surface area (TPSA) is 40.5 Å². The molecular formula is C16H22ClNO2. The second kappa shape index (κ2) is 4.96. The third-order valence-corrected chi connectivity index (χ3v) is 4.42. The molecule has 4 heteroatoms. The van der Waals surface area contributed by atoms with Crippen LogP contribution in [-0.4, -0.2) is 22.7 Å². The zero-order valence-corrected chi connectivity index (χ0v) is 13.5. The Bertz CT molecular complexity index is 552. The minimum atomic E-state index is -0.967. The van der Waals surface area contributed by atoms with Crippen molar-refractivity contribution >= 4 is 23.3 Å². The average Bonchev–Trinajstić information content (AvgIpc) is 2.25. The van der Waals surface area contributed by atoms with E-state index >= 15 is 0 Å². The molecule has 0 bridgehead atoms. The molecule has 0 fully saturated rings. The zero-order chi connectivity index (χ0) is 15.2. The summed E-state index contributed by atoms with van der Waals surface area (Å²) in [7, 11) is 0. The molecule has 0 aliphatic carbocycles. The molecular weight excluding hydrogens is 274 g/mol. The Morgan fingerprint density at radius 2 is 2.05 bits per heavy atom. The number of hydrogen-bond acceptors (Lipinski definition) is 2. The van der Waals surface area contributed by atoms with Crippen LogP contribution in [0, 0.1) is 0 Å². The van der Waals surface area contributed by atoms with Crippen molar-refractivity contribution in [2.24, 2.45) is 0 Å². The van der Waals surface area contributed by atoms with Crippen molar-refractivity contribution in [3.63, 3.8) is 0 Å². The molecule has 1 heterocycles. The highest BCUT2D eigenvalue weighted by Crippen LogP contribution is 2.46. The summed E-state index contributed by atoms with van der Waals surface area (Å²) in [5.41, 5.74) is 2.38. The first-order chi connectivity index (χ1) is 9.15. The lowest BCUT2D eigenvalue weighted by atomic mass is 9.79. The van der Waals surface area contributed by atoms with Gasteiger partial charge in [0.25, 0.3) is 0 Å². The molecule has 20 heavy (non-hydrogen) atoms. The fourth-order valence-corrected chi connectivity index (χ4v) is 3.85. The van der Waals surface area contributed by atoms with Crippen LogP contribution in [0.1, 0.15) is 62.9 Å². The number of aromatic carboxylic acids is 1. The van der Waals surface area contributed by atoms with Crippen LogP contribution >= 0.6 is 11.6 Å². The molecule has 0 unspecified atom stereocenters. The van der Waals surface area contributed by atoms with E-state index < -0.39 is 5.97 Å². The number of hydrogen-bond donors (Lipinski definition) is 1. The quantitative estimate of drug-likeness (QED) is 0.871. The largest absolute Gasteiger partial charge is 0.478 e. The molecule has 3 nitrogen and oxygen atoms in total. The van der Waals surface area contributed by atoms with E-state index in [9.17, 15) is 9.90 Å². The number of carbonyl (C=O) groups is 1. The SMILES string of the molecule is CC(C)N1c2cc(Cl)c(C(=O)O)cc2[C@@H](C)CC1(C)C. The summed E-state index contributed by atoms with van der Waals surface area (Å²) >= 11 is 6.16. The molecule has 1 atom stereocenters. The van der Waals surface area contributed by atoms with Gasteiger partial charge in [0, 0.05) is 17.3 Å². The Labute approximate surface area is 125 Å². The van der Waals surface area contributed by atoms with Crippen molar-refractivity contribution in [2.75, 3.05) is 4.90 Å². The van der Waals surface area contributed by atoms with E-state index in [1.165, 1.54) is 0 Å². The summed E-state index contributed by atoms with van der Waals surface area (Å²) in [6.45, 7) is 10.9. The average molecular weight is 296 g/mol. The molecule has 0 radical (unpaired) electrons. The van der Waals surface area contributed by atoms with Crippen LogP contribution in [0.5, 0.6) is 0 Å². The zero-order valence-electron chi connectivity index (χ0n) is 12.7. The lowest BCUT2D eigenvalue weighted by Crippen LogP contribution is -2.51. The van der Waals surface area contributed by atoms with Gasteiger partial charge in [-0.1, -0.05) is 18.5 Å². The summed E-state index contributed by atoms with van der Waals surface area (Å²) < 4.78 is 0. The van der Waals surface area contributed by atoms with Crippen molar-refractivity contribution in [2.45, 2.75) is 58.5 Å². The Hall–Kier alpha value is -1.22. The summed E-state index contributed by atoms with van der Waals surface area (Å²) in [6.07, 6.45) is 0.999. The van der Waals surface area contributed by atoms with Crippen molar-refractivity contribution in [1.29, 1.82) is 0 Å². The maximum atomic E-state index is 11.3. The van der Waals surface area contributed by atoms with E-state index in [4.69, 9.17) is 11.6 Å². The van der Waals surface area contributed by atoms with Gasteiger partial charge in [-0.05, 0) is 57.7 Å². The van der Waals surface area contributed by atoms with E-state index in [0.717, 1.165) is 17.7 Å². The monoisotopic (exact) mass is 295 g/mol. The summed E-state index contributed by atoms with van der Waals surface area (Å²) in [4.78, 5) is 13.6. The predicted octanol–water partition coefficient (Wildman–Crippen LogP) is 4.54. The van der Waals surface area contributed by atoms with Gasteiger partial charge in [0.2, 0.25) is 0 Å². The number of anilines is 1. The highest BCUT2D eigenvalue weighted by Gasteiger charge is 2.38. The molecule has 2 rings (SSSR count). The van der Waals surface area contributed by atoms with E-state index in [1.807, 2.05) is 6.07 Å². The number of carboxylic acid groups (broad SMARTS) is 1. The highest BCUT2D eigenvalue weighted by atomic mass is 35.5. The molecule has 1 aromatic rings. The Balaban J connectivity index is 2.67. The predicted molar refractivity (Wildman–Crippen MR) is 83.1 cm³/mol. The minimum absolute atomic E-state index is 0.0364. The lowest BCUT2D eigenvalue weighted by Gasteiger charge is -2.50. The maximum absolute atomic E-state index is 11.3. The van der Waals surface area contributed by atoms with Gasteiger partial charge in [0.15, 0.2) is 0 Å². The van der Waals surface area contributed by atoms with Gasteiger partial charge < -0.3 is 10.0 Å². The first-order valence-electron chi connectivity index (χ1n) is 7.01. The molecule has 1 aliphatic rings. The van der Waals surface area contributed by atoms with E-state index in [1.54, 1.807) is 6.07 Å². The van der Waals surface area contributed by atoms with Crippen LogP contribution < -0.4 is 4.90 Å². The van der Waals surface area contributed by atoms with Gasteiger partial charge in [-0.15, -0.1) is 0 Å². The van der Waals surface area contributed by atoms with Gasteiger partial charge in [0.05, 0.1) is 10.6 Å². The number of halogens is 1. The molecule has 0 aromatic heterocycles. The van der Waals surface area contributed by atoms with Crippen molar-refractivity contribution in [3.8, 4) is 0 Å². The summed E-state index contributed by atoms with van der Waals surface area (Å²) in [5, 5.41) is 9.55. The van der Waals surface area contributed by atoms with Crippen molar-refractivity contribution in [1.82, 2.24) is 0 Å². The molecule has 110 valence electrons. The highest BCUT2D eigenvalue weighted by molar-refractivity contribution is 6.33. The number of rotatable bonds is 2. The van der Waals surface area contributed by atoms with Crippen LogP contribution in [-0.2, 0) is 0 Å². The Kier molecular flexibility index (Phi) is 3.76. The van der Waals surface area contributed by atoms with Crippen LogP contribution in [0.4, 0.5) is 5.69 Å². The molecule has 1 aromatic carbocycles. The van der Waals surface area contributed by atoms with Gasteiger partial charge >= 0.3 is 5.97 Å².